The lowest BCUT2D eigenvalue weighted by molar-refractivity contribution is -0.0461. The molecule has 15 heavy (non-hydrogen) atoms. The van der Waals surface area contributed by atoms with Gasteiger partial charge in [0.15, 0.2) is 6.29 Å². The topological polar surface area (TPSA) is 53.4 Å². The van der Waals surface area contributed by atoms with Crippen LogP contribution < -0.4 is 0 Å². The molecule has 0 bridgehead atoms. The van der Waals surface area contributed by atoms with Gasteiger partial charge in [-0.3, -0.25) is 0 Å². The summed E-state index contributed by atoms with van der Waals surface area (Å²) in [6, 6.07) is 8.03. The standard InChI is InChI=1S/C11H13NO2S/c13-11(14)7-3-6-10-12-8-4-1-2-5-9(8)15-10/h1-2,4-5,11,13-14H,3,6-7H2. The first kappa shape index (κ1) is 10.5. The second-order valence-electron chi connectivity index (χ2n) is 3.45. The van der Waals surface area contributed by atoms with Gasteiger partial charge in [0.1, 0.15) is 0 Å². The maximum absolute atomic E-state index is 8.71. The van der Waals surface area contributed by atoms with Crippen molar-refractivity contribution >= 4 is 21.6 Å². The van der Waals surface area contributed by atoms with Gasteiger partial charge in [0.05, 0.1) is 15.2 Å². The number of hydrogen-bond acceptors (Lipinski definition) is 4. The van der Waals surface area contributed by atoms with E-state index in [1.165, 1.54) is 4.70 Å². The van der Waals surface area contributed by atoms with Gasteiger partial charge in [0, 0.05) is 0 Å². The number of para-hydroxylation sites is 1. The van der Waals surface area contributed by atoms with Crippen molar-refractivity contribution < 1.29 is 10.2 Å². The summed E-state index contributed by atoms with van der Waals surface area (Å²) in [5.41, 5.74) is 1.03. The normalized spacial score (nSPS) is 11.4. The molecule has 1 heterocycles. The van der Waals surface area contributed by atoms with Crippen LogP contribution in [-0.4, -0.2) is 21.5 Å². The van der Waals surface area contributed by atoms with Crippen molar-refractivity contribution in [2.45, 2.75) is 25.6 Å². The highest BCUT2D eigenvalue weighted by Gasteiger charge is 2.04. The molecule has 0 saturated carbocycles. The second-order valence-corrected chi connectivity index (χ2v) is 4.56. The molecule has 0 aliphatic heterocycles. The van der Waals surface area contributed by atoms with Crippen LogP contribution in [0, 0.1) is 0 Å². The molecule has 0 amide bonds. The van der Waals surface area contributed by atoms with E-state index >= 15 is 0 Å². The van der Waals surface area contributed by atoms with Gasteiger partial charge in [-0.2, -0.15) is 0 Å². The Morgan fingerprint density at radius 2 is 2.07 bits per heavy atom. The van der Waals surface area contributed by atoms with E-state index in [-0.39, 0.29) is 0 Å². The Balaban J connectivity index is 2.03. The maximum atomic E-state index is 8.71. The maximum Gasteiger partial charge on any atom is 0.151 e. The summed E-state index contributed by atoms with van der Waals surface area (Å²) in [6.07, 6.45) is 0.795. The summed E-state index contributed by atoms with van der Waals surface area (Å²) in [4.78, 5) is 4.46. The van der Waals surface area contributed by atoms with Crippen molar-refractivity contribution in [2.24, 2.45) is 0 Å². The largest absolute Gasteiger partial charge is 0.368 e. The number of benzene rings is 1. The zero-order valence-electron chi connectivity index (χ0n) is 8.26. The number of nitrogens with zero attached hydrogens (tertiary/aromatic N) is 1. The van der Waals surface area contributed by atoms with Crippen molar-refractivity contribution in [2.75, 3.05) is 0 Å². The van der Waals surface area contributed by atoms with E-state index in [4.69, 9.17) is 10.2 Å². The van der Waals surface area contributed by atoms with Crippen molar-refractivity contribution in [1.82, 2.24) is 4.98 Å². The predicted octanol–water partition coefficient (Wildman–Crippen LogP) is 1.93. The number of hydrogen-bond donors (Lipinski definition) is 2. The van der Waals surface area contributed by atoms with Crippen LogP contribution in [0.5, 0.6) is 0 Å². The number of aliphatic hydroxyl groups is 2. The van der Waals surface area contributed by atoms with Gasteiger partial charge in [0.2, 0.25) is 0 Å². The van der Waals surface area contributed by atoms with E-state index in [1.807, 2.05) is 18.2 Å². The molecular formula is C11H13NO2S. The molecule has 1 aromatic carbocycles. The van der Waals surface area contributed by atoms with E-state index in [9.17, 15) is 0 Å². The third kappa shape index (κ3) is 2.75. The highest BCUT2D eigenvalue weighted by molar-refractivity contribution is 7.18. The number of aliphatic hydroxyl groups excluding tert-OH is 1. The van der Waals surface area contributed by atoms with Crippen molar-refractivity contribution in [1.29, 1.82) is 0 Å². The Morgan fingerprint density at radius 1 is 1.27 bits per heavy atom. The van der Waals surface area contributed by atoms with Gasteiger partial charge in [-0.25, -0.2) is 4.98 Å². The number of rotatable bonds is 4. The van der Waals surface area contributed by atoms with E-state index in [1.54, 1.807) is 11.3 Å². The molecule has 0 atom stereocenters. The minimum absolute atomic E-state index is 0.413. The minimum atomic E-state index is -1.20. The molecule has 0 aliphatic carbocycles. The average molecular weight is 223 g/mol. The lowest BCUT2D eigenvalue weighted by Gasteiger charge is -1.99. The summed E-state index contributed by atoms with van der Waals surface area (Å²) in [5, 5.41) is 18.5. The van der Waals surface area contributed by atoms with Crippen LogP contribution in [0.4, 0.5) is 0 Å². The first-order valence-corrected chi connectivity index (χ1v) is 5.78. The molecule has 0 fully saturated rings. The van der Waals surface area contributed by atoms with E-state index < -0.39 is 6.29 Å². The molecule has 3 nitrogen and oxygen atoms in total. The van der Waals surface area contributed by atoms with Gasteiger partial charge < -0.3 is 10.2 Å². The molecule has 0 saturated heterocycles. The van der Waals surface area contributed by atoms with Gasteiger partial charge in [0.25, 0.3) is 0 Å². The molecule has 0 radical (unpaired) electrons. The average Bonchev–Trinajstić information content (AvgIpc) is 2.59. The van der Waals surface area contributed by atoms with Crippen molar-refractivity contribution in [3.05, 3.63) is 29.3 Å². The molecule has 1 aromatic heterocycles. The van der Waals surface area contributed by atoms with E-state index in [2.05, 4.69) is 11.1 Å². The molecule has 0 spiro atoms. The van der Waals surface area contributed by atoms with Crippen LogP contribution in [0.1, 0.15) is 17.8 Å². The third-order valence-corrected chi connectivity index (χ3v) is 3.29. The predicted molar refractivity (Wildman–Crippen MR) is 60.8 cm³/mol. The van der Waals surface area contributed by atoms with Gasteiger partial charge in [-0.15, -0.1) is 11.3 Å². The third-order valence-electron chi connectivity index (χ3n) is 2.19. The number of thiazole rings is 1. The first-order chi connectivity index (χ1) is 7.25. The Morgan fingerprint density at radius 3 is 2.80 bits per heavy atom. The fourth-order valence-electron chi connectivity index (χ4n) is 1.46. The van der Waals surface area contributed by atoms with Crippen molar-refractivity contribution in [3.8, 4) is 0 Å². The molecule has 2 aromatic rings. The minimum Gasteiger partial charge on any atom is -0.368 e. The second kappa shape index (κ2) is 4.70. The van der Waals surface area contributed by atoms with Crippen LogP contribution in [0.2, 0.25) is 0 Å². The summed E-state index contributed by atoms with van der Waals surface area (Å²) >= 11 is 1.67. The highest BCUT2D eigenvalue weighted by atomic mass is 32.1. The van der Waals surface area contributed by atoms with Gasteiger partial charge >= 0.3 is 0 Å². The summed E-state index contributed by atoms with van der Waals surface area (Å²) < 4.78 is 1.19. The molecular weight excluding hydrogens is 210 g/mol. The van der Waals surface area contributed by atoms with Crippen LogP contribution in [0.15, 0.2) is 24.3 Å². The van der Waals surface area contributed by atoms with Gasteiger partial charge in [-0.05, 0) is 31.4 Å². The molecule has 2 rings (SSSR count). The van der Waals surface area contributed by atoms with Crippen LogP contribution in [0.25, 0.3) is 10.2 Å². The Kier molecular flexibility index (Phi) is 3.30. The molecule has 0 aliphatic rings. The number of aryl methyl sites for hydroxylation is 1. The Labute approximate surface area is 92.0 Å². The summed E-state index contributed by atoms with van der Waals surface area (Å²) in [5.74, 6) is 0. The molecule has 2 N–H and O–H groups in total. The van der Waals surface area contributed by atoms with Crippen LogP contribution in [0.3, 0.4) is 0 Å². The Hall–Kier alpha value is -0.970. The fraction of sp³-hybridized carbons (Fsp3) is 0.364. The summed E-state index contributed by atoms with van der Waals surface area (Å²) in [6.45, 7) is 0. The lowest BCUT2D eigenvalue weighted by atomic mass is 10.2. The lowest BCUT2D eigenvalue weighted by Crippen LogP contribution is -2.03. The van der Waals surface area contributed by atoms with Crippen LogP contribution in [-0.2, 0) is 6.42 Å². The monoisotopic (exact) mass is 223 g/mol. The first-order valence-electron chi connectivity index (χ1n) is 4.96. The highest BCUT2D eigenvalue weighted by Crippen LogP contribution is 2.22. The smallest absolute Gasteiger partial charge is 0.151 e. The molecule has 4 heteroatoms. The zero-order chi connectivity index (χ0) is 10.7. The number of aromatic nitrogens is 1. The molecule has 80 valence electrons. The number of fused-ring (bicyclic) bond motifs is 1. The zero-order valence-corrected chi connectivity index (χ0v) is 9.07. The SMILES string of the molecule is OC(O)CCCc1nc2ccccc2s1. The molecule has 0 unspecified atom stereocenters. The van der Waals surface area contributed by atoms with E-state index in [0.717, 1.165) is 23.4 Å². The Bertz CT molecular complexity index is 406. The quantitative estimate of drug-likeness (QED) is 0.779. The van der Waals surface area contributed by atoms with Gasteiger partial charge in [-0.1, -0.05) is 12.1 Å². The van der Waals surface area contributed by atoms with Crippen molar-refractivity contribution in [3.63, 3.8) is 0 Å². The fourth-order valence-corrected chi connectivity index (χ4v) is 2.47. The summed E-state index contributed by atoms with van der Waals surface area (Å²) in [7, 11) is 0. The van der Waals surface area contributed by atoms with Crippen LogP contribution >= 0.6 is 11.3 Å². The van der Waals surface area contributed by atoms with E-state index in [0.29, 0.717) is 6.42 Å².